The molecule has 5 heteroatoms. The van der Waals surface area contributed by atoms with E-state index in [1.54, 1.807) is 7.11 Å². The molecule has 0 aliphatic carbocycles. The lowest BCUT2D eigenvalue weighted by molar-refractivity contribution is 0.410. The number of rotatable bonds is 3. The second-order valence-corrected chi connectivity index (χ2v) is 4.12. The van der Waals surface area contributed by atoms with Crippen molar-refractivity contribution in [3.63, 3.8) is 0 Å². The first-order valence-corrected chi connectivity index (χ1v) is 5.90. The van der Waals surface area contributed by atoms with E-state index < -0.39 is 0 Å². The Hall–Kier alpha value is -1.99. The van der Waals surface area contributed by atoms with Gasteiger partial charge in [-0.2, -0.15) is 5.26 Å². The van der Waals surface area contributed by atoms with Crippen molar-refractivity contribution in [3.05, 3.63) is 34.6 Å². The molecule has 0 atom stereocenters. The number of nitriles is 1. The molecule has 0 aliphatic rings. The maximum atomic E-state index is 8.82. The van der Waals surface area contributed by atoms with Gasteiger partial charge in [0.25, 0.3) is 0 Å². The molecular formula is C13H12ClN3O. The van der Waals surface area contributed by atoms with E-state index in [2.05, 4.69) is 16.9 Å². The predicted octanol–water partition coefficient (Wildman–Crippen LogP) is 3.17. The van der Waals surface area contributed by atoms with Crippen molar-refractivity contribution >= 4 is 11.6 Å². The summed E-state index contributed by atoms with van der Waals surface area (Å²) in [4.78, 5) is 7.03. The first kappa shape index (κ1) is 12.5. The minimum absolute atomic E-state index is 0.209. The second-order valence-electron chi connectivity index (χ2n) is 3.74. The topological polar surface area (TPSA) is 61.7 Å². The van der Waals surface area contributed by atoms with Gasteiger partial charge in [-0.25, -0.2) is 4.98 Å². The van der Waals surface area contributed by atoms with Crippen LogP contribution in [0.4, 0.5) is 0 Å². The number of nitrogens with zero attached hydrogens (tertiary/aromatic N) is 2. The number of nitrogens with one attached hydrogen (secondary N) is 1. The van der Waals surface area contributed by atoms with Crippen LogP contribution in [0, 0.1) is 11.3 Å². The third-order valence-electron chi connectivity index (χ3n) is 2.70. The van der Waals surface area contributed by atoms with E-state index in [-0.39, 0.29) is 10.8 Å². The van der Waals surface area contributed by atoms with Crippen LogP contribution in [0.5, 0.6) is 5.75 Å². The van der Waals surface area contributed by atoms with Gasteiger partial charge < -0.3 is 9.72 Å². The minimum Gasteiger partial charge on any atom is -0.496 e. The summed E-state index contributed by atoms with van der Waals surface area (Å²) in [5.74, 6) is 1.44. The zero-order valence-corrected chi connectivity index (χ0v) is 10.9. The molecule has 1 aromatic carbocycles. The largest absolute Gasteiger partial charge is 0.496 e. The first-order chi connectivity index (χ1) is 8.69. The Morgan fingerprint density at radius 1 is 1.50 bits per heavy atom. The van der Waals surface area contributed by atoms with Crippen LogP contribution in [0.1, 0.15) is 18.2 Å². The van der Waals surface area contributed by atoms with E-state index in [1.165, 1.54) is 0 Å². The lowest BCUT2D eigenvalue weighted by Crippen LogP contribution is -1.91. The summed E-state index contributed by atoms with van der Waals surface area (Å²) < 4.78 is 5.27. The molecule has 0 saturated carbocycles. The van der Waals surface area contributed by atoms with Crippen molar-refractivity contribution in [2.45, 2.75) is 13.3 Å². The van der Waals surface area contributed by atoms with Crippen LogP contribution >= 0.6 is 11.6 Å². The smallest absolute Gasteiger partial charge is 0.178 e. The summed E-state index contributed by atoms with van der Waals surface area (Å²) in [6.45, 7) is 2.05. The molecule has 0 saturated heterocycles. The van der Waals surface area contributed by atoms with Gasteiger partial charge >= 0.3 is 0 Å². The molecule has 0 radical (unpaired) electrons. The number of imidazole rings is 1. The molecule has 0 unspecified atom stereocenters. The van der Waals surface area contributed by atoms with Gasteiger partial charge in [0.15, 0.2) is 5.69 Å². The van der Waals surface area contributed by atoms with Crippen LogP contribution in [0.2, 0.25) is 5.15 Å². The van der Waals surface area contributed by atoms with Crippen LogP contribution in [-0.4, -0.2) is 17.1 Å². The van der Waals surface area contributed by atoms with Gasteiger partial charge in [-0.3, -0.25) is 0 Å². The lowest BCUT2D eigenvalue weighted by Gasteiger charge is -2.07. The highest BCUT2D eigenvalue weighted by atomic mass is 35.5. The van der Waals surface area contributed by atoms with Crippen molar-refractivity contribution in [2.24, 2.45) is 0 Å². The Morgan fingerprint density at radius 3 is 2.83 bits per heavy atom. The highest BCUT2D eigenvalue weighted by Crippen LogP contribution is 2.27. The summed E-state index contributed by atoms with van der Waals surface area (Å²) in [5.41, 5.74) is 2.18. The second kappa shape index (κ2) is 5.11. The van der Waals surface area contributed by atoms with Gasteiger partial charge in [-0.05, 0) is 30.2 Å². The third-order valence-corrected chi connectivity index (χ3v) is 2.97. The quantitative estimate of drug-likeness (QED) is 0.923. The molecule has 18 heavy (non-hydrogen) atoms. The third kappa shape index (κ3) is 2.18. The number of hydrogen-bond donors (Lipinski definition) is 1. The Labute approximate surface area is 110 Å². The van der Waals surface area contributed by atoms with Crippen LogP contribution in [-0.2, 0) is 6.42 Å². The maximum absolute atomic E-state index is 8.82. The van der Waals surface area contributed by atoms with E-state index in [1.807, 2.05) is 24.3 Å². The number of halogens is 1. The van der Waals surface area contributed by atoms with Gasteiger partial charge in [0.1, 0.15) is 22.8 Å². The molecule has 0 aliphatic heterocycles. The zero-order valence-electron chi connectivity index (χ0n) is 10.1. The monoisotopic (exact) mass is 261 g/mol. The normalized spacial score (nSPS) is 10.1. The molecule has 0 bridgehead atoms. The SMILES string of the molecule is CCc1cc(-c2nc(C#N)c(Cl)[nH]2)ccc1OC. The summed E-state index contributed by atoms with van der Waals surface area (Å²) in [5, 5.41) is 9.09. The molecule has 1 heterocycles. The lowest BCUT2D eigenvalue weighted by atomic mass is 10.1. The summed E-state index contributed by atoms with van der Waals surface area (Å²) in [6.07, 6.45) is 0.858. The van der Waals surface area contributed by atoms with Crippen LogP contribution in [0.3, 0.4) is 0 Å². The Bertz CT molecular complexity index is 613. The average Bonchev–Trinajstić information content (AvgIpc) is 2.79. The summed E-state index contributed by atoms with van der Waals surface area (Å²) >= 11 is 5.86. The molecule has 0 fully saturated rings. The average molecular weight is 262 g/mol. The van der Waals surface area contributed by atoms with Crippen LogP contribution in [0.15, 0.2) is 18.2 Å². The van der Waals surface area contributed by atoms with Crippen LogP contribution < -0.4 is 4.74 Å². The van der Waals surface area contributed by atoms with Crippen molar-refractivity contribution < 1.29 is 4.74 Å². The van der Waals surface area contributed by atoms with E-state index in [0.717, 1.165) is 23.3 Å². The molecule has 0 spiro atoms. The molecule has 2 rings (SSSR count). The number of aromatic nitrogens is 2. The number of methoxy groups -OCH3 is 1. The highest BCUT2D eigenvalue weighted by Gasteiger charge is 2.11. The molecule has 2 aromatic rings. The number of aromatic amines is 1. The van der Waals surface area contributed by atoms with Crippen molar-refractivity contribution in [1.29, 1.82) is 5.26 Å². The number of benzene rings is 1. The fourth-order valence-electron chi connectivity index (χ4n) is 1.76. The van der Waals surface area contributed by atoms with E-state index >= 15 is 0 Å². The van der Waals surface area contributed by atoms with Crippen molar-refractivity contribution in [2.75, 3.05) is 7.11 Å². The molecule has 1 aromatic heterocycles. The van der Waals surface area contributed by atoms with Gasteiger partial charge in [0, 0.05) is 5.56 Å². The zero-order chi connectivity index (χ0) is 13.1. The number of H-pyrrole nitrogens is 1. The van der Waals surface area contributed by atoms with E-state index in [4.69, 9.17) is 21.6 Å². The number of ether oxygens (including phenoxy) is 1. The Balaban J connectivity index is 2.48. The number of aryl methyl sites for hydroxylation is 1. The van der Waals surface area contributed by atoms with Gasteiger partial charge in [-0.15, -0.1) is 0 Å². The minimum atomic E-state index is 0.209. The molecule has 1 N–H and O–H groups in total. The Morgan fingerprint density at radius 2 is 2.28 bits per heavy atom. The van der Waals surface area contributed by atoms with Crippen molar-refractivity contribution in [1.82, 2.24) is 9.97 Å². The van der Waals surface area contributed by atoms with E-state index in [9.17, 15) is 0 Å². The molecule has 92 valence electrons. The highest BCUT2D eigenvalue weighted by molar-refractivity contribution is 6.30. The van der Waals surface area contributed by atoms with Crippen LogP contribution in [0.25, 0.3) is 11.4 Å². The molecular weight excluding hydrogens is 250 g/mol. The first-order valence-electron chi connectivity index (χ1n) is 5.52. The van der Waals surface area contributed by atoms with E-state index in [0.29, 0.717) is 5.82 Å². The van der Waals surface area contributed by atoms with Gasteiger partial charge in [0.05, 0.1) is 7.11 Å². The predicted molar refractivity (Wildman–Crippen MR) is 69.7 cm³/mol. The van der Waals surface area contributed by atoms with Gasteiger partial charge in [-0.1, -0.05) is 18.5 Å². The number of hydrogen-bond acceptors (Lipinski definition) is 3. The molecule has 4 nitrogen and oxygen atoms in total. The summed E-state index contributed by atoms with van der Waals surface area (Å²) in [6, 6.07) is 7.69. The van der Waals surface area contributed by atoms with Crippen molar-refractivity contribution in [3.8, 4) is 23.2 Å². The fourth-order valence-corrected chi connectivity index (χ4v) is 1.94. The van der Waals surface area contributed by atoms with Gasteiger partial charge in [0.2, 0.25) is 0 Å². The Kier molecular flexibility index (Phi) is 3.54. The standard InChI is InChI=1S/C13H12ClN3O/c1-3-8-6-9(4-5-11(8)18-2)13-16-10(7-15)12(14)17-13/h4-6H,3H2,1-2H3,(H,16,17). The summed E-state index contributed by atoms with van der Waals surface area (Å²) in [7, 11) is 1.64. The molecule has 0 amide bonds. The fraction of sp³-hybridized carbons (Fsp3) is 0.231. The maximum Gasteiger partial charge on any atom is 0.178 e.